The highest BCUT2D eigenvalue weighted by Crippen LogP contribution is 2.69. The number of hydrogen-bond donors (Lipinski definition) is 1. The van der Waals surface area contributed by atoms with Gasteiger partial charge in [0.25, 0.3) is 5.91 Å². The number of nitrogens with one attached hydrogen (secondary N) is 1. The summed E-state index contributed by atoms with van der Waals surface area (Å²) in [6, 6.07) is 4.05. The average molecular weight is 406 g/mol. The Kier molecular flexibility index (Phi) is 4.65. The van der Waals surface area contributed by atoms with Crippen molar-refractivity contribution in [3.63, 3.8) is 0 Å². The van der Waals surface area contributed by atoms with E-state index in [0.717, 1.165) is 25.3 Å². The maximum absolute atomic E-state index is 13.4. The molecule has 0 radical (unpaired) electrons. The molecule has 0 saturated heterocycles. The van der Waals surface area contributed by atoms with E-state index in [1.807, 2.05) is 11.5 Å². The Bertz CT molecular complexity index is 923. The molecule has 0 aliphatic heterocycles. The van der Waals surface area contributed by atoms with Gasteiger partial charge in [0.05, 0.1) is 17.5 Å². The SMILES string of the molecule is CCn1cncc1C(=O)CC12CC(NC(=O)COc3ccc(Cl)c(F)c3)(C1)C2. The molecule has 3 fully saturated rings. The molecule has 2 aromatic rings. The van der Waals surface area contributed by atoms with Gasteiger partial charge in [-0.25, -0.2) is 9.37 Å². The first-order valence-electron chi connectivity index (χ1n) is 9.26. The van der Waals surface area contributed by atoms with E-state index in [0.29, 0.717) is 18.7 Å². The summed E-state index contributed by atoms with van der Waals surface area (Å²) in [6.45, 7) is 2.50. The molecule has 1 aromatic heterocycles. The van der Waals surface area contributed by atoms with Crippen molar-refractivity contribution in [2.24, 2.45) is 5.41 Å². The van der Waals surface area contributed by atoms with Gasteiger partial charge in [-0.15, -0.1) is 0 Å². The number of carbonyl (C=O) groups excluding carboxylic acids is 2. The molecule has 0 spiro atoms. The van der Waals surface area contributed by atoms with Crippen LogP contribution in [0, 0.1) is 11.2 Å². The number of carbonyl (C=O) groups is 2. The molecule has 5 rings (SSSR count). The van der Waals surface area contributed by atoms with E-state index in [1.165, 1.54) is 12.1 Å². The first kappa shape index (κ1) is 18.9. The van der Waals surface area contributed by atoms with Crippen molar-refractivity contribution >= 4 is 23.3 Å². The Hall–Kier alpha value is -2.41. The van der Waals surface area contributed by atoms with Crippen LogP contribution >= 0.6 is 11.6 Å². The number of nitrogens with zero attached hydrogens (tertiary/aromatic N) is 2. The van der Waals surface area contributed by atoms with Gasteiger partial charge < -0.3 is 14.6 Å². The van der Waals surface area contributed by atoms with Crippen molar-refractivity contribution in [3.05, 3.63) is 47.3 Å². The van der Waals surface area contributed by atoms with Gasteiger partial charge in [0.15, 0.2) is 12.4 Å². The standard InChI is InChI=1S/C20H21ClFN3O3/c1-2-25-12-23-7-16(25)17(26)6-19-9-20(10-19,11-19)24-18(27)8-28-13-3-4-14(21)15(22)5-13/h3-5,7,12H,2,6,8-11H2,1H3,(H,24,27). The lowest BCUT2D eigenvalue weighted by molar-refractivity contribution is -0.164. The third-order valence-corrected chi connectivity index (χ3v) is 5.99. The predicted molar refractivity (Wildman–Crippen MR) is 101 cm³/mol. The van der Waals surface area contributed by atoms with Gasteiger partial charge in [0.1, 0.15) is 17.3 Å². The predicted octanol–water partition coefficient (Wildman–Crippen LogP) is 3.39. The van der Waals surface area contributed by atoms with Gasteiger partial charge >= 0.3 is 0 Å². The second-order valence-electron chi connectivity index (χ2n) is 7.89. The first-order valence-corrected chi connectivity index (χ1v) is 9.64. The number of rotatable bonds is 8. The zero-order valence-electron chi connectivity index (χ0n) is 15.5. The molecule has 8 heteroatoms. The first-order chi connectivity index (χ1) is 13.3. The number of aromatic nitrogens is 2. The van der Waals surface area contributed by atoms with E-state index in [9.17, 15) is 14.0 Å². The molecule has 6 nitrogen and oxygen atoms in total. The summed E-state index contributed by atoms with van der Waals surface area (Å²) in [5.41, 5.74) is 0.415. The fourth-order valence-electron chi connectivity index (χ4n) is 4.60. The normalized spacial score (nSPS) is 24.8. The van der Waals surface area contributed by atoms with Gasteiger partial charge in [-0.1, -0.05) is 11.6 Å². The minimum atomic E-state index is -0.588. The second-order valence-corrected chi connectivity index (χ2v) is 8.30. The van der Waals surface area contributed by atoms with Crippen LogP contribution in [0.3, 0.4) is 0 Å². The molecular formula is C20H21ClFN3O3. The molecule has 148 valence electrons. The van der Waals surface area contributed by atoms with Crippen LogP contribution in [0.1, 0.15) is 43.1 Å². The number of halogens is 2. The third-order valence-electron chi connectivity index (χ3n) is 5.68. The summed E-state index contributed by atoms with van der Waals surface area (Å²) in [7, 11) is 0. The average Bonchev–Trinajstić information content (AvgIpc) is 3.08. The monoisotopic (exact) mass is 405 g/mol. The van der Waals surface area contributed by atoms with Crippen LogP contribution < -0.4 is 10.1 Å². The Balaban J connectivity index is 1.24. The zero-order chi connectivity index (χ0) is 19.9. The summed E-state index contributed by atoms with van der Waals surface area (Å²) >= 11 is 5.62. The molecule has 1 heterocycles. The molecule has 0 unspecified atom stereocenters. The lowest BCUT2D eigenvalue weighted by Gasteiger charge is -2.70. The van der Waals surface area contributed by atoms with E-state index in [-0.39, 0.29) is 40.0 Å². The van der Waals surface area contributed by atoms with E-state index in [2.05, 4.69) is 10.3 Å². The quantitative estimate of drug-likeness (QED) is 0.683. The Morgan fingerprint density at radius 3 is 2.79 bits per heavy atom. The number of ketones is 1. The number of aryl methyl sites for hydroxylation is 1. The molecule has 1 N–H and O–H groups in total. The van der Waals surface area contributed by atoms with Crippen LogP contribution in [-0.2, 0) is 11.3 Å². The molecule has 2 bridgehead atoms. The topological polar surface area (TPSA) is 73.2 Å². The fraction of sp³-hybridized carbons (Fsp3) is 0.450. The van der Waals surface area contributed by atoms with Crippen molar-refractivity contribution in [3.8, 4) is 5.75 Å². The molecule has 0 atom stereocenters. The number of hydrogen-bond acceptors (Lipinski definition) is 4. The highest BCUT2D eigenvalue weighted by molar-refractivity contribution is 6.30. The highest BCUT2D eigenvalue weighted by atomic mass is 35.5. The maximum Gasteiger partial charge on any atom is 0.258 e. The van der Waals surface area contributed by atoms with Crippen LogP contribution in [0.5, 0.6) is 5.75 Å². The summed E-state index contributed by atoms with van der Waals surface area (Å²) in [5.74, 6) is -0.481. The minimum Gasteiger partial charge on any atom is -0.484 e. The van der Waals surface area contributed by atoms with Crippen LogP contribution in [-0.4, -0.2) is 33.4 Å². The van der Waals surface area contributed by atoms with E-state index < -0.39 is 5.82 Å². The van der Waals surface area contributed by atoms with Gasteiger partial charge in [-0.05, 0) is 43.7 Å². The molecule has 3 aliphatic rings. The van der Waals surface area contributed by atoms with Crippen molar-refractivity contribution < 1.29 is 18.7 Å². The lowest BCUT2D eigenvalue weighted by atomic mass is 9.38. The zero-order valence-corrected chi connectivity index (χ0v) is 16.3. The Labute approximate surface area is 167 Å². The van der Waals surface area contributed by atoms with Crippen LogP contribution in [0.25, 0.3) is 0 Å². The van der Waals surface area contributed by atoms with Gasteiger partial charge in [-0.3, -0.25) is 9.59 Å². The number of ether oxygens (including phenoxy) is 1. The minimum absolute atomic E-state index is 0.00658. The summed E-state index contributed by atoms with van der Waals surface area (Å²) in [4.78, 5) is 28.8. The Morgan fingerprint density at radius 2 is 2.11 bits per heavy atom. The van der Waals surface area contributed by atoms with Gasteiger partial charge in [-0.2, -0.15) is 0 Å². The molecule has 1 amide bonds. The van der Waals surface area contributed by atoms with Gasteiger partial charge in [0.2, 0.25) is 0 Å². The molecule has 3 saturated carbocycles. The molecular weight excluding hydrogens is 385 g/mol. The Morgan fingerprint density at radius 1 is 1.36 bits per heavy atom. The van der Waals surface area contributed by atoms with Crippen molar-refractivity contribution in [2.45, 2.75) is 44.7 Å². The summed E-state index contributed by atoms with van der Waals surface area (Å²) in [6.07, 6.45) is 6.17. The van der Waals surface area contributed by atoms with Crippen molar-refractivity contribution in [2.75, 3.05) is 6.61 Å². The summed E-state index contributed by atoms with van der Waals surface area (Å²) in [5, 5.41) is 3.00. The third kappa shape index (κ3) is 3.39. The van der Waals surface area contributed by atoms with Crippen LogP contribution in [0.4, 0.5) is 4.39 Å². The number of benzene rings is 1. The smallest absolute Gasteiger partial charge is 0.258 e. The van der Waals surface area contributed by atoms with E-state index in [4.69, 9.17) is 16.3 Å². The van der Waals surface area contributed by atoms with E-state index >= 15 is 0 Å². The lowest BCUT2D eigenvalue weighted by Crippen LogP contribution is -2.75. The molecule has 3 aliphatic carbocycles. The number of imidazole rings is 1. The van der Waals surface area contributed by atoms with Crippen molar-refractivity contribution in [1.29, 1.82) is 0 Å². The van der Waals surface area contributed by atoms with Crippen LogP contribution in [0.2, 0.25) is 5.02 Å². The van der Waals surface area contributed by atoms with Crippen molar-refractivity contribution in [1.82, 2.24) is 14.9 Å². The van der Waals surface area contributed by atoms with Gasteiger partial charge in [0, 0.05) is 24.6 Å². The number of Topliss-reactive ketones (excluding diaryl/α,β-unsaturated/α-hetero) is 1. The second kappa shape index (κ2) is 6.88. The summed E-state index contributed by atoms with van der Waals surface area (Å²) < 4.78 is 20.6. The fourth-order valence-corrected chi connectivity index (χ4v) is 4.72. The van der Waals surface area contributed by atoms with Crippen LogP contribution in [0.15, 0.2) is 30.7 Å². The van der Waals surface area contributed by atoms with E-state index in [1.54, 1.807) is 12.5 Å². The maximum atomic E-state index is 13.4. The largest absolute Gasteiger partial charge is 0.484 e. The highest BCUT2D eigenvalue weighted by Gasteiger charge is 2.68. The molecule has 28 heavy (non-hydrogen) atoms. The molecule has 1 aromatic carbocycles. The number of amides is 1.